The van der Waals surface area contributed by atoms with Crippen molar-refractivity contribution in [1.29, 1.82) is 0 Å². The Balaban J connectivity index is 0. The van der Waals surface area contributed by atoms with Gasteiger partial charge in [-0.3, -0.25) is 0 Å². The lowest BCUT2D eigenvalue weighted by molar-refractivity contribution is -0.316. The minimum absolute atomic E-state index is 0.172. The van der Waals surface area contributed by atoms with Crippen LogP contribution in [0.1, 0.15) is 0 Å². The lowest BCUT2D eigenvalue weighted by atomic mass is 10.4. The molecule has 9 nitrogen and oxygen atoms in total. The highest BCUT2D eigenvalue weighted by atomic mass is 28.3. The fraction of sp³-hybridized carbons (Fsp3) is 1.00. The molecule has 0 amide bonds. The fourth-order valence-electron chi connectivity index (χ4n) is 0.647. The van der Waals surface area contributed by atoms with Crippen LogP contribution in [0.3, 0.4) is 0 Å². The number of aliphatic hydroxyl groups excluding tert-OH is 4. The van der Waals surface area contributed by atoms with Crippen LogP contribution in [-0.2, 0) is 23.1 Å². The fourth-order valence-corrected chi connectivity index (χ4v) is 1.22. The highest BCUT2D eigenvalue weighted by Crippen LogP contribution is 1.88. The van der Waals surface area contributed by atoms with Crippen molar-refractivity contribution in [3.63, 3.8) is 0 Å². The normalized spacial score (nSPS) is 13.9. The maximum Gasteiger partial charge on any atom is 0.483 e. The maximum absolute atomic E-state index is 8.71. The zero-order chi connectivity index (χ0) is 15.1. The van der Waals surface area contributed by atoms with E-state index in [1.807, 2.05) is 0 Å². The molecule has 0 bridgehead atoms. The summed E-state index contributed by atoms with van der Waals surface area (Å²) in [5.41, 5.74) is 0. The summed E-state index contributed by atoms with van der Waals surface area (Å²) in [6, 6.07) is 0. The summed E-state index contributed by atoms with van der Waals surface area (Å²) in [7, 11) is 3.05. The molecule has 0 aromatic rings. The maximum atomic E-state index is 8.71. The van der Waals surface area contributed by atoms with E-state index in [1.54, 1.807) is 21.3 Å². The highest BCUT2D eigenvalue weighted by molar-refractivity contribution is 6.36. The van der Waals surface area contributed by atoms with Gasteiger partial charge in [0, 0.05) is 21.3 Å². The zero-order valence-electron chi connectivity index (χ0n) is 11.4. The minimum atomic E-state index is -1.67. The van der Waals surface area contributed by atoms with Crippen LogP contribution in [0, 0.1) is 0 Å². The van der Waals surface area contributed by atoms with Gasteiger partial charge in [-0.2, -0.15) is 0 Å². The molecule has 0 rings (SSSR count). The molecule has 0 spiro atoms. The first-order chi connectivity index (χ1) is 9.05. The van der Waals surface area contributed by atoms with Crippen molar-refractivity contribution in [2.75, 3.05) is 47.8 Å². The van der Waals surface area contributed by atoms with Crippen molar-refractivity contribution >= 4 is 9.53 Å². The predicted molar refractivity (Wildman–Crippen MR) is 66.3 cm³/mol. The van der Waals surface area contributed by atoms with E-state index in [0.717, 1.165) is 0 Å². The Morgan fingerprint density at radius 2 is 1.11 bits per heavy atom. The average Bonchev–Trinajstić information content (AvgIpc) is 2.45. The number of rotatable bonds is 10. The molecule has 0 saturated carbocycles. The van der Waals surface area contributed by atoms with Gasteiger partial charge in [-0.1, -0.05) is 0 Å². The summed E-state index contributed by atoms with van der Waals surface area (Å²) < 4.78 is 14.2. The van der Waals surface area contributed by atoms with Gasteiger partial charge in [0.1, 0.15) is 25.4 Å². The Morgan fingerprint density at radius 1 is 0.789 bits per heavy atom. The molecule has 10 heteroatoms. The Bertz CT molecular complexity index is 152. The van der Waals surface area contributed by atoms with E-state index in [4.69, 9.17) is 33.7 Å². The van der Waals surface area contributed by atoms with Gasteiger partial charge < -0.3 is 33.7 Å². The summed E-state index contributed by atoms with van der Waals surface area (Å²) in [5.74, 6) is 0. The van der Waals surface area contributed by atoms with Gasteiger partial charge in [-0.15, -0.1) is 0 Å². The van der Waals surface area contributed by atoms with E-state index in [-0.39, 0.29) is 13.2 Å². The molecular weight excluding hydrogens is 280 g/mol. The molecular formula is C9H24O9Si. The van der Waals surface area contributed by atoms with Crippen molar-refractivity contribution in [2.45, 2.75) is 12.2 Å². The lowest BCUT2D eigenvalue weighted by Crippen LogP contribution is -2.23. The first-order valence-corrected chi connectivity index (χ1v) is 6.87. The molecule has 118 valence electrons. The van der Waals surface area contributed by atoms with Gasteiger partial charge >= 0.3 is 9.53 Å². The molecule has 0 aromatic heterocycles. The summed E-state index contributed by atoms with van der Waals surface area (Å²) in [5, 5.41) is 34.1. The van der Waals surface area contributed by atoms with Crippen molar-refractivity contribution in [3.8, 4) is 0 Å². The largest absolute Gasteiger partial charge is 0.483 e. The van der Waals surface area contributed by atoms with Crippen molar-refractivity contribution in [3.05, 3.63) is 0 Å². The van der Waals surface area contributed by atoms with E-state index in [9.17, 15) is 0 Å². The molecule has 0 aromatic carbocycles. The smallest absolute Gasteiger partial charge is 0.394 e. The Morgan fingerprint density at radius 3 is 1.26 bits per heavy atom. The molecule has 0 heterocycles. The third-order valence-electron chi connectivity index (χ3n) is 1.60. The molecule has 19 heavy (non-hydrogen) atoms. The van der Waals surface area contributed by atoms with E-state index in [1.165, 1.54) is 0 Å². The average molecular weight is 304 g/mol. The highest BCUT2D eigenvalue weighted by Gasteiger charge is 2.05. The van der Waals surface area contributed by atoms with Gasteiger partial charge in [0.25, 0.3) is 0 Å². The van der Waals surface area contributed by atoms with E-state index >= 15 is 0 Å². The van der Waals surface area contributed by atoms with Gasteiger partial charge in [-0.25, -0.2) is 9.78 Å². The van der Waals surface area contributed by atoms with E-state index in [2.05, 4.69) is 9.78 Å². The summed E-state index contributed by atoms with van der Waals surface area (Å²) in [4.78, 5) is 8.76. The second kappa shape index (κ2) is 15.9. The summed E-state index contributed by atoms with van der Waals surface area (Å²) in [6.07, 6.45) is -1.98. The minimum Gasteiger partial charge on any atom is -0.394 e. The molecule has 2 unspecified atom stereocenters. The Labute approximate surface area is 114 Å². The molecule has 2 atom stereocenters. The monoisotopic (exact) mass is 304 g/mol. The van der Waals surface area contributed by atoms with Crippen molar-refractivity contribution in [1.82, 2.24) is 0 Å². The number of aliphatic hydroxyl groups is 4. The lowest BCUT2D eigenvalue weighted by Gasteiger charge is -2.09. The van der Waals surface area contributed by atoms with Crippen molar-refractivity contribution < 1.29 is 43.5 Å². The molecule has 0 fully saturated rings. The van der Waals surface area contributed by atoms with Crippen LogP contribution in [0.2, 0.25) is 0 Å². The van der Waals surface area contributed by atoms with Crippen LogP contribution in [0.15, 0.2) is 0 Å². The summed E-state index contributed by atoms with van der Waals surface area (Å²) >= 11 is 0. The van der Waals surface area contributed by atoms with Crippen LogP contribution in [0.5, 0.6) is 0 Å². The van der Waals surface area contributed by atoms with E-state index < -0.39 is 34.9 Å². The predicted octanol–water partition coefficient (Wildman–Crippen LogP) is -2.72. The van der Waals surface area contributed by atoms with Crippen molar-refractivity contribution in [2.24, 2.45) is 0 Å². The molecule has 0 saturated heterocycles. The second-order valence-electron chi connectivity index (χ2n) is 3.24. The van der Waals surface area contributed by atoms with Gasteiger partial charge in [-0.05, 0) is 0 Å². The van der Waals surface area contributed by atoms with Crippen LogP contribution in [-0.4, -0.2) is 89.9 Å². The standard InChI is InChI=1S/C6H14O6.C3H10O3Si/c7-1-5(9)3-11-12-4-6(10)2-8;1-4-7(5-2)6-3/h5-10H,1-4H2;7H,1-3H3. The summed E-state index contributed by atoms with van der Waals surface area (Å²) in [6.45, 7) is -1.17. The number of hydrogen-bond acceptors (Lipinski definition) is 9. The Kier molecular flexibility index (Phi) is 17.7. The topological polar surface area (TPSA) is 127 Å². The van der Waals surface area contributed by atoms with Crippen LogP contribution in [0.4, 0.5) is 0 Å². The first-order valence-electron chi connectivity index (χ1n) is 5.46. The van der Waals surface area contributed by atoms with Gasteiger partial charge in [0.2, 0.25) is 0 Å². The number of hydrogen-bond donors (Lipinski definition) is 4. The first kappa shape index (κ1) is 21.2. The van der Waals surface area contributed by atoms with Crippen LogP contribution >= 0.6 is 0 Å². The Hall–Kier alpha value is -0.143. The van der Waals surface area contributed by atoms with E-state index in [0.29, 0.717) is 0 Å². The van der Waals surface area contributed by atoms with Crippen LogP contribution in [0.25, 0.3) is 0 Å². The zero-order valence-corrected chi connectivity index (χ0v) is 12.5. The quantitative estimate of drug-likeness (QED) is 0.147. The molecule has 0 aliphatic heterocycles. The molecule has 4 N–H and O–H groups in total. The van der Waals surface area contributed by atoms with Gasteiger partial charge in [0.15, 0.2) is 0 Å². The molecule has 0 aliphatic carbocycles. The third-order valence-corrected chi connectivity index (χ3v) is 2.76. The van der Waals surface area contributed by atoms with Gasteiger partial charge in [0.05, 0.1) is 13.2 Å². The molecule has 0 radical (unpaired) electrons. The third kappa shape index (κ3) is 15.8. The SMILES string of the molecule is CO[SiH](OC)OC.OCC(O)COOCC(O)CO. The second-order valence-corrected chi connectivity index (χ2v) is 5.23. The van der Waals surface area contributed by atoms with Crippen LogP contribution < -0.4 is 0 Å². The molecule has 0 aliphatic rings.